The van der Waals surface area contributed by atoms with Gasteiger partial charge in [-0.1, -0.05) is 12.1 Å². The standard InChI is InChI=1S/C18H13F2NO7/c19-10-3-6-12(13(20)8-10)18(27)28-11-4-1-9(2-5-11)7-14(16(23)24)21-15(22)17(25)26/h1-6,8,14H,7H2,(H,21,22)(H,23,24)(H,25,26)/t14-/m1/s1. The van der Waals surface area contributed by atoms with Crippen LogP contribution < -0.4 is 10.1 Å². The minimum Gasteiger partial charge on any atom is -0.480 e. The monoisotopic (exact) mass is 393 g/mol. The Morgan fingerprint density at radius 1 is 1.00 bits per heavy atom. The molecule has 0 unspecified atom stereocenters. The van der Waals surface area contributed by atoms with Gasteiger partial charge in [0, 0.05) is 12.5 Å². The largest absolute Gasteiger partial charge is 0.480 e. The summed E-state index contributed by atoms with van der Waals surface area (Å²) >= 11 is 0. The van der Waals surface area contributed by atoms with Gasteiger partial charge in [-0.3, -0.25) is 4.79 Å². The smallest absolute Gasteiger partial charge is 0.394 e. The highest BCUT2D eigenvalue weighted by Gasteiger charge is 2.23. The van der Waals surface area contributed by atoms with Crippen molar-refractivity contribution in [3.63, 3.8) is 0 Å². The second kappa shape index (κ2) is 8.71. The number of benzene rings is 2. The van der Waals surface area contributed by atoms with E-state index < -0.39 is 47.1 Å². The molecule has 1 atom stereocenters. The lowest BCUT2D eigenvalue weighted by Crippen LogP contribution is -2.45. The van der Waals surface area contributed by atoms with Crippen LogP contribution in [0.5, 0.6) is 5.75 Å². The van der Waals surface area contributed by atoms with Crippen molar-refractivity contribution in [3.05, 3.63) is 65.2 Å². The van der Waals surface area contributed by atoms with E-state index in [2.05, 4.69) is 0 Å². The molecule has 0 aliphatic heterocycles. The van der Waals surface area contributed by atoms with E-state index in [0.717, 1.165) is 12.1 Å². The number of carbonyl (C=O) groups is 4. The van der Waals surface area contributed by atoms with Gasteiger partial charge in [-0.25, -0.2) is 23.2 Å². The van der Waals surface area contributed by atoms with E-state index in [1.165, 1.54) is 24.3 Å². The number of ether oxygens (including phenoxy) is 1. The van der Waals surface area contributed by atoms with Crippen LogP contribution >= 0.6 is 0 Å². The van der Waals surface area contributed by atoms with Gasteiger partial charge in [-0.05, 0) is 29.8 Å². The fourth-order valence-electron chi connectivity index (χ4n) is 2.17. The molecule has 0 aliphatic carbocycles. The molecule has 0 spiro atoms. The molecule has 2 aromatic carbocycles. The van der Waals surface area contributed by atoms with Crippen LogP contribution in [0.25, 0.3) is 0 Å². The van der Waals surface area contributed by atoms with Crippen molar-refractivity contribution in [1.82, 2.24) is 5.32 Å². The molecule has 8 nitrogen and oxygen atoms in total. The highest BCUT2D eigenvalue weighted by Crippen LogP contribution is 2.17. The van der Waals surface area contributed by atoms with Crippen LogP contribution in [-0.4, -0.2) is 40.1 Å². The summed E-state index contributed by atoms with van der Waals surface area (Å²) in [6, 6.07) is 6.25. The maximum absolute atomic E-state index is 13.6. The second-order valence-electron chi connectivity index (χ2n) is 5.53. The Morgan fingerprint density at radius 3 is 2.18 bits per heavy atom. The zero-order chi connectivity index (χ0) is 20.8. The van der Waals surface area contributed by atoms with E-state index in [4.69, 9.17) is 14.9 Å². The zero-order valence-corrected chi connectivity index (χ0v) is 14.0. The SMILES string of the molecule is O=C(O)C(=O)N[C@H](Cc1ccc(OC(=O)c2ccc(F)cc2F)cc1)C(=O)O. The fourth-order valence-corrected chi connectivity index (χ4v) is 2.17. The topological polar surface area (TPSA) is 130 Å². The van der Waals surface area contributed by atoms with E-state index in [1.807, 2.05) is 5.32 Å². The van der Waals surface area contributed by atoms with Crippen molar-refractivity contribution in [2.45, 2.75) is 12.5 Å². The van der Waals surface area contributed by atoms with Gasteiger partial charge in [-0.2, -0.15) is 0 Å². The Balaban J connectivity index is 2.05. The molecule has 0 bridgehead atoms. The van der Waals surface area contributed by atoms with Crippen LogP contribution in [0.1, 0.15) is 15.9 Å². The number of hydrogen-bond donors (Lipinski definition) is 3. The number of carboxylic acid groups (broad SMARTS) is 2. The lowest BCUT2D eigenvalue weighted by atomic mass is 10.1. The molecule has 28 heavy (non-hydrogen) atoms. The number of carboxylic acids is 2. The lowest BCUT2D eigenvalue weighted by molar-refractivity contribution is -0.152. The summed E-state index contributed by atoms with van der Waals surface area (Å²) in [6.45, 7) is 0. The van der Waals surface area contributed by atoms with Gasteiger partial charge in [0.2, 0.25) is 0 Å². The van der Waals surface area contributed by atoms with Crippen molar-refractivity contribution >= 4 is 23.8 Å². The fraction of sp³-hybridized carbons (Fsp3) is 0.111. The van der Waals surface area contributed by atoms with Crippen LogP contribution in [-0.2, 0) is 20.8 Å². The Kier molecular flexibility index (Phi) is 6.38. The summed E-state index contributed by atoms with van der Waals surface area (Å²) in [6.07, 6.45) is -0.227. The molecule has 2 aromatic rings. The van der Waals surface area contributed by atoms with Crippen LogP contribution in [0.3, 0.4) is 0 Å². The first-order valence-electron chi connectivity index (χ1n) is 7.70. The summed E-state index contributed by atoms with van der Waals surface area (Å²) in [5.41, 5.74) is -0.0707. The van der Waals surface area contributed by atoms with Crippen LogP contribution in [0.15, 0.2) is 42.5 Å². The maximum atomic E-state index is 13.6. The molecule has 1 amide bonds. The Labute approximate surface area is 156 Å². The minimum atomic E-state index is -1.82. The van der Waals surface area contributed by atoms with Gasteiger partial charge in [-0.15, -0.1) is 0 Å². The van der Waals surface area contributed by atoms with Crippen molar-refractivity contribution < 1.29 is 42.9 Å². The second-order valence-corrected chi connectivity index (χ2v) is 5.53. The molecule has 0 heterocycles. The zero-order valence-electron chi connectivity index (χ0n) is 14.0. The van der Waals surface area contributed by atoms with Crippen LogP contribution in [0, 0.1) is 11.6 Å². The number of esters is 1. The summed E-state index contributed by atoms with van der Waals surface area (Å²) in [7, 11) is 0. The Hall–Kier alpha value is -3.82. The molecule has 146 valence electrons. The van der Waals surface area contributed by atoms with Gasteiger partial charge in [0.15, 0.2) is 0 Å². The number of carbonyl (C=O) groups excluding carboxylic acids is 2. The van der Waals surface area contributed by atoms with Gasteiger partial charge < -0.3 is 20.3 Å². The summed E-state index contributed by atoms with van der Waals surface area (Å²) in [5.74, 6) is -7.68. The molecular formula is C18H13F2NO7. The van der Waals surface area contributed by atoms with E-state index in [0.29, 0.717) is 11.6 Å². The quantitative estimate of drug-likeness (QED) is 0.384. The molecule has 0 saturated heterocycles. The molecule has 2 rings (SSSR count). The van der Waals surface area contributed by atoms with Gasteiger partial charge in [0.05, 0.1) is 5.56 Å². The van der Waals surface area contributed by atoms with E-state index >= 15 is 0 Å². The molecule has 0 aromatic heterocycles. The van der Waals surface area contributed by atoms with Crippen molar-refractivity contribution in [2.24, 2.45) is 0 Å². The third-order valence-corrected chi connectivity index (χ3v) is 3.52. The first kappa shape index (κ1) is 20.5. The first-order valence-corrected chi connectivity index (χ1v) is 7.70. The number of nitrogens with one attached hydrogen (secondary N) is 1. The van der Waals surface area contributed by atoms with Crippen molar-refractivity contribution in [2.75, 3.05) is 0 Å². The summed E-state index contributed by atoms with van der Waals surface area (Å²) in [4.78, 5) is 44.7. The molecule has 0 radical (unpaired) electrons. The Bertz CT molecular complexity index is 928. The van der Waals surface area contributed by atoms with Crippen molar-refractivity contribution in [1.29, 1.82) is 0 Å². The molecule has 3 N–H and O–H groups in total. The van der Waals surface area contributed by atoms with E-state index in [1.54, 1.807) is 0 Å². The highest BCUT2D eigenvalue weighted by atomic mass is 19.1. The van der Waals surface area contributed by atoms with Crippen LogP contribution in [0.2, 0.25) is 0 Å². The lowest BCUT2D eigenvalue weighted by Gasteiger charge is -2.13. The molecule has 0 aliphatic rings. The summed E-state index contributed by atoms with van der Waals surface area (Å²) in [5, 5.41) is 19.4. The molecule has 0 fully saturated rings. The molecule has 0 saturated carbocycles. The molecular weight excluding hydrogens is 380 g/mol. The average molecular weight is 393 g/mol. The van der Waals surface area contributed by atoms with Gasteiger partial charge in [0.1, 0.15) is 23.4 Å². The first-order chi connectivity index (χ1) is 13.2. The number of halogens is 2. The predicted molar refractivity (Wildman–Crippen MR) is 88.7 cm³/mol. The number of hydrogen-bond acceptors (Lipinski definition) is 5. The third-order valence-electron chi connectivity index (χ3n) is 3.52. The van der Waals surface area contributed by atoms with Gasteiger partial charge >= 0.3 is 23.8 Å². The van der Waals surface area contributed by atoms with Gasteiger partial charge in [0.25, 0.3) is 0 Å². The maximum Gasteiger partial charge on any atom is 0.394 e. The highest BCUT2D eigenvalue weighted by molar-refractivity contribution is 6.31. The minimum absolute atomic E-state index is 0.0129. The summed E-state index contributed by atoms with van der Waals surface area (Å²) < 4.78 is 31.4. The third kappa shape index (κ3) is 5.34. The predicted octanol–water partition coefficient (Wildman–Crippen LogP) is 1.38. The van der Waals surface area contributed by atoms with E-state index in [-0.39, 0.29) is 12.2 Å². The number of rotatable bonds is 6. The average Bonchev–Trinajstić information content (AvgIpc) is 2.62. The Morgan fingerprint density at radius 2 is 1.64 bits per heavy atom. The normalized spacial score (nSPS) is 11.4. The number of amides is 1. The van der Waals surface area contributed by atoms with E-state index in [9.17, 15) is 28.0 Å². The van der Waals surface area contributed by atoms with Crippen molar-refractivity contribution in [3.8, 4) is 5.75 Å². The number of aliphatic carboxylic acids is 2. The molecule has 10 heteroatoms. The van der Waals surface area contributed by atoms with Crippen LogP contribution in [0.4, 0.5) is 8.78 Å².